The molecule has 0 bridgehead atoms. The highest BCUT2D eigenvalue weighted by Gasteiger charge is 2.16. The van der Waals surface area contributed by atoms with Crippen LogP contribution in [0.2, 0.25) is 0 Å². The molecule has 0 aromatic heterocycles. The number of rotatable bonds is 8. The Hall–Kier alpha value is -3.52. The molecule has 0 fully saturated rings. The van der Waals surface area contributed by atoms with Crippen molar-refractivity contribution in [2.45, 2.75) is 18.7 Å². The molecule has 1 amide bonds. The number of aryl methyl sites for hydroxylation is 2. The van der Waals surface area contributed by atoms with Crippen molar-refractivity contribution in [1.82, 2.24) is 0 Å². The second-order valence-corrected chi connectivity index (χ2v) is 8.62. The number of ether oxygens (including phenoxy) is 2. The van der Waals surface area contributed by atoms with E-state index in [1.807, 2.05) is 19.1 Å². The van der Waals surface area contributed by atoms with Crippen LogP contribution in [0.3, 0.4) is 0 Å². The third-order valence-electron chi connectivity index (χ3n) is 4.50. The van der Waals surface area contributed by atoms with Gasteiger partial charge in [0, 0.05) is 5.69 Å². The first kappa shape index (κ1) is 22.2. The number of hydrogen-bond acceptors (Lipinski definition) is 5. The van der Waals surface area contributed by atoms with Gasteiger partial charge >= 0.3 is 0 Å². The first-order chi connectivity index (χ1) is 14.8. The molecule has 0 saturated heterocycles. The van der Waals surface area contributed by atoms with E-state index >= 15 is 0 Å². The van der Waals surface area contributed by atoms with Gasteiger partial charge in [-0.05, 0) is 61.9 Å². The van der Waals surface area contributed by atoms with Gasteiger partial charge in [0.05, 0.1) is 17.7 Å². The van der Waals surface area contributed by atoms with Gasteiger partial charge in [-0.15, -0.1) is 0 Å². The maximum Gasteiger partial charge on any atom is 0.262 e. The van der Waals surface area contributed by atoms with Crippen LogP contribution in [0, 0.1) is 13.8 Å². The first-order valence-electron chi connectivity index (χ1n) is 9.54. The van der Waals surface area contributed by atoms with E-state index in [9.17, 15) is 13.2 Å². The van der Waals surface area contributed by atoms with Crippen molar-refractivity contribution >= 4 is 27.3 Å². The monoisotopic (exact) mass is 440 g/mol. The van der Waals surface area contributed by atoms with Crippen LogP contribution in [0.15, 0.2) is 71.6 Å². The van der Waals surface area contributed by atoms with Crippen molar-refractivity contribution in [3.8, 4) is 11.5 Å². The van der Waals surface area contributed by atoms with Crippen molar-refractivity contribution in [2.75, 3.05) is 23.8 Å². The summed E-state index contributed by atoms with van der Waals surface area (Å²) in [6, 6.07) is 18.6. The topological polar surface area (TPSA) is 93.7 Å². The summed E-state index contributed by atoms with van der Waals surface area (Å²) in [7, 11) is -2.22. The average molecular weight is 441 g/mol. The van der Waals surface area contributed by atoms with Gasteiger partial charge in [0.1, 0.15) is 11.5 Å². The third-order valence-corrected chi connectivity index (χ3v) is 5.88. The quantitative estimate of drug-likeness (QED) is 0.549. The minimum atomic E-state index is -3.74. The molecule has 8 heteroatoms. The van der Waals surface area contributed by atoms with E-state index in [-0.39, 0.29) is 17.4 Å². The Kier molecular flexibility index (Phi) is 6.81. The molecule has 3 aromatic carbocycles. The largest absolute Gasteiger partial charge is 0.495 e. The highest BCUT2D eigenvalue weighted by molar-refractivity contribution is 7.92. The fourth-order valence-corrected chi connectivity index (χ4v) is 4.01. The zero-order chi connectivity index (χ0) is 22.4. The molecule has 0 aliphatic carbocycles. The molecular weight excluding hydrogens is 416 g/mol. The van der Waals surface area contributed by atoms with E-state index in [4.69, 9.17) is 9.47 Å². The number of anilines is 2. The van der Waals surface area contributed by atoms with E-state index < -0.39 is 10.0 Å². The van der Waals surface area contributed by atoms with Crippen LogP contribution in [0.25, 0.3) is 0 Å². The zero-order valence-corrected chi connectivity index (χ0v) is 18.3. The van der Waals surface area contributed by atoms with Crippen LogP contribution in [0.4, 0.5) is 11.4 Å². The van der Waals surface area contributed by atoms with Crippen LogP contribution >= 0.6 is 0 Å². The lowest BCUT2D eigenvalue weighted by Crippen LogP contribution is -2.21. The maximum absolute atomic E-state index is 12.7. The second-order valence-electron chi connectivity index (χ2n) is 6.94. The van der Waals surface area contributed by atoms with Crippen molar-refractivity contribution in [1.29, 1.82) is 0 Å². The fourth-order valence-electron chi connectivity index (χ4n) is 2.86. The Bertz CT molecular complexity index is 1170. The zero-order valence-electron chi connectivity index (χ0n) is 17.5. The highest BCUT2D eigenvalue weighted by atomic mass is 32.2. The van der Waals surface area contributed by atoms with Crippen molar-refractivity contribution in [3.05, 3.63) is 77.9 Å². The molecule has 2 N–H and O–H groups in total. The van der Waals surface area contributed by atoms with Gasteiger partial charge in [0.2, 0.25) is 0 Å². The van der Waals surface area contributed by atoms with Gasteiger partial charge in [-0.2, -0.15) is 0 Å². The summed E-state index contributed by atoms with van der Waals surface area (Å²) in [6.07, 6.45) is 0. The first-order valence-corrected chi connectivity index (χ1v) is 11.0. The number of sulfonamides is 1. The van der Waals surface area contributed by atoms with Crippen molar-refractivity contribution in [2.24, 2.45) is 0 Å². The summed E-state index contributed by atoms with van der Waals surface area (Å²) >= 11 is 0. The van der Waals surface area contributed by atoms with Crippen LogP contribution in [-0.4, -0.2) is 28.0 Å². The molecule has 162 valence electrons. The highest BCUT2D eigenvalue weighted by Crippen LogP contribution is 2.25. The predicted octanol–water partition coefficient (Wildman–Crippen LogP) is 4.13. The molecule has 31 heavy (non-hydrogen) atoms. The number of para-hydroxylation sites is 2. The molecule has 0 unspecified atom stereocenters. The van der Waals surface area contributed by atoms with Gasteiger partial charge in [-0.25, -0.2) is 8.42 Å². The molecule has 0 aliphatic heterocycles. The van der Waals surface area contributed by atoms with Crippen LogP contribution < -0.4 is 19.5 Å². The Morgan fingerprint density at radius 3 is 2.32 bits per heavy atom. The number of nitrogens with one attached hydrogen (secondary N) is 2. The van der Waals surface area contributed by atoms with E-state index in [2.05, 4.69) is 10.0 Å². The molecule has 0 spiro atoms. The summed E-state index contributed by atoms with van der Waals surface area (Å²) in [5.41, 5.74) is 2.66. The van der Waals surface area contributed by atoms with Gasteiger partial charge in [-0.3, -0.25) is 9.52 Å². The third kappa shape index (κ3) is 5.76. The molecule has 0 radical (unpaired) electrons. The lowest BCUT2D eigenvalue weighted by Gasteiger charge is -2.13. The molecular formula is C23H24N2O5S. The van der Waals surface area contributed by atoms with Gasteiger partial charge in [0.15, 0.2) is 6.61 Å². The van der Waals surface area contributed by atoms with E-state index in [0.717, 1.165) is 5.56 Å². The second kappa shape index (κ2) is 9.53. The molecule has 0 saturated carbocycles. The van der Waals surface area contributed by atoms with Gasteiger partial charge in [-0.1, -0.05) is 29.8 Å². The number of methoxy groups -OCH3 is 1. The maximum atomic E-state index is 12.7. The lowest BCUT2D eigenvalue weighted by molar-refractivity contribution is -0.118. The number of hydrogen-bond donors (Lipinski definition) is 2. The Labute approximate surface area is 182 Å². The summed E-state index contributed by atoms with van der Waals surface area (Å²) in [4.78, 5) is 12.3. The van der Waals surface area contributed by atoms with E-state index in [1.165, 1.54) is 25.3 Å². The van der Waals surface area contributed by atoms with Crippen LogP contribution in [0.1, 0.15) is 11.1 Å². The molecule has 3 aromatic rings. The average Bonchev–Trinajstić information content (AvgIpc) is 2.74. The number of carbonyl (C=O) groups excluding carboxylic acids is 1. The summed E-state index contributed by atoms with van der Waals surface area (Å²) in [5.74, 6) is 0.605. The molecule has 0 aliphatic rings. The normalized spacial score (nSPS) is 10.9. The molecule has 3 rings (SSSR count). The summed E-state index contributed by atoms with van der Waals surface area (Å²) < 4.78 is 38.6. The molecule has 0 heterocycles. The standard InChI is InChI=1S/C23H24N2O5S/c1-16-8-10-18(11-9-16)25-31(27,28)19-12-13-21(17(2)14-19)30-15-23(26)24-20-6-4-5-7-22(20)29-3/h4-14,25H,15H2,1-3H3,(H,24,26). The molecule has 7 nitrogen and oxygen atoms in total. The Morgan fingerprint density at radius 1 is 0.935 bits per heavy atom. The van der Waals surface area contributed by atoms with Crippen LogP contribution in [0.5, 0.6) is 11.5 Å². The number of carbonyl (C=O) groups is 1. The van der Waals surface area contributed by atoms with E-state index in [1.54, 1.807) is 43.3 Å². The van der Waals surface area contributed by atoms with E-state index in [0.29, 0.717) is 28.4 Å². The van der Waals surface area contributed by atoms with Crippen molar-refractivity contribution < 1.29 is 22.7 Å². The Morgan fingerprint density at radius 2 is 1.65 bits per heavy atom. The minimum Gasteiger partial charge on any atom is -0.495 e. The Balaban J connectivity index is 1.65. The lowest BCUT2D eigenvalue weighted by atomic mass is 10.2. The number of amides is 1. The smallest absolute Gasteiger partial charge is 0.262 e. The number of benzene rings is 3. The van der Waals surface area contributed by atoms with Gasteiger partial charge in [0.25, 0.3) is 15.9 Å². The summed E-state index contributed by atoms with van der Waals surface area (Å²) in [6.45, 7) is 3.42. The SMILES string of the molecule is COc1ccccc1NC(=O)COc1ccc(S(=O)(=O)Nc2ccc(C)cc2)cc1C. The molecule has 0 atom stereocenters. The van der Waals surface area contributed by atoms with Gasteiger partial charge < -0.3 is 14.8 Å². The fraction of sp³-hybridized carbons (Fsp3) is 0.174. The minimum absolute atomic E-state index is 0.108. The summed E-state index contributed by atoms with van der Waals surface area (Å²) in [5, 5.41) is 2.72. The van der Waals surface area contributed by atoms with Crippen molar-refractivity contribution in [3.63, 3.8) is 0 Å². The predicted molar refractivity (Wildman–Crippen MR) is 120 cm³/mol. The van der Waals surface area contributed by atoms with Crippen LogP contribution in [-0.2, 0) is 14.8 Å².